The highest BCUT2D eigenvalue weighted by Crippen LogP contribution is 2.35. The van der Waals surface area contributed by atoms with Crippen LogP contribution >= 0.6 is 0 Å². The molecule has 0 bridgehead atoms. The monoisotopic (exact) mass is 179 g/mol. The molecule has 0 fully saturated rings. The second kappa shape index (κ2) is 3.26. The van der Waals surface area contributed by atoms with Crippen molar-refractivity contribution in [1.82, 2.24) is 0 Å². The third-order valence-corrected chi connectivity index (χ3v) is 2.32. The first kappa shape index (κ1) is 8.38. The van der Waals surface area contributed by atoms with Crippen LogP contribution in [0.5, 0.6) is 11.5 Å². The maximum absolute atomic E-state index is 9.51. The normalized spacial score (nSPS) is 19.6. The number of fused-ring (bicyclic) bond motifs is 1. The molecule has 3 nitrogen and oxygen atoms in total. The van der Waals surface area contributed by atoms with Crippen LogP contribution in [0.4, 0.5) is 0 Å². The summed E-state index contributed by atoms with van der Waals surface area (Å²) in [7, 11) is 0. The van der Waals surface area contributed by atoms with Gasteiger partial charge in [0.2, 0.25) is 0 Å². The Kier molecular flexibility index (Phi) is 2.10. The van der Waals surface area contributed by atoms with Gasteiger partial charge in [-0.25, -0.2) is 0 Å². The maximum Gasteiger partial charge on any atom is 0.126 e. The van der Waals surface area contributed by atoms with Gasteiger partial charge in [0, 0.05) is 12.0 Å². The summed E-state index contributed by atoms with van der Waals surface area (Å²) in [6.07, 6.45) is 1.76. The van der Waals surface area contributed by atoms with Crippen LogP contribution in [0.1, 0.15) is 12.0 Å². The highest BCUT2D eigenvalue weighted by atomic mass is 16.5. The van der Waals surface area contributed by atoms with E-state index in [1.54, 1.807) is 12.1 Å². The van der Waals surface area contributed by atoms with Crippen LogP contribution in [0.15, 0.2) is 18.2 Å². The molecule has 0 spiro atoms. The van der Waals surface area contributed by atoms with E-state index in [0.29, 0.717) is 12.3 Å². The molecule has 1 heterocycles. The Morgan fingerprint density at radius 1 is 1.54 bits per heavy atom. The van der Waals surface area contributed by atoms with E-state index in [2.05, 4.69) is 0 Å². The van der Waals surface area contributed by atoms with Crippen molar-refractivity contribution < 1.29 is 9.84 Å². The van der Waals surface area contributed by atoms with Crippen molar-refractivity contribution in [3.63, 3.8) is 0 Å². The molecule has 1 aromatic rings. The van der Waals surface area contributed by atoms with Crippen LogP contribution in [-0.4, -0.2) is 17.8 Å². The van der Waals surface area contributed by atoms with E-state index in [1.807, 2.05) is 6.07 Å². The van der Waals surface area contributed by atoms with Gasteiger partial charge in [-0.15, -0.1) is 0 Å². The molecule has 0 aromatic heterocycles. The summed E-state index contributed by atoms with van der Waals surface area (Å²) in [6.45, 7) is 0.624. The third kappa shape index (κ3) is 1.47. The molecule has 0 amide bonds. The molecule has 3 heteroatoms. The first-order valence-corrected chi connectivity index (χ1v) is 4.49. The summed E-state index contributed by atoms with van der Waals surface area (Å²) >= 11 is 0. The molecule has 1 atom stereocenters. The topological polar surface area (TPSA) is 55.5 Å². The number of phenols is 1. The minimum Gasteiger partial charge on any atom is -0.508 e. The van der Waals surface area contributed by atoms with Gasteiger partial charge in [0.15, 0.2) is 0 Å². The SMILES string of the molecule is NCCC1Cc2c(O)cccc2O1. The van der Waals surface area contributed by atoms with E-state index in [-0.39, 0.29) is 6.10 Å². The Hall–Kier alpha value is -1.22. The third-order valence-electron chi connectivity index (χ3n) is 2.32. The number of phenolic OH excluding ortho intramolecular Hbond substituents is 1. The lowest BCUT2D eigenvalue weighted by Gasteiger charge is -2.07. The van der Waals surface area contributed by atoms with Crippen molar-refractivity contribution in [2.75, 3.05) is 6.54 Å². The predicted molar refractivity (Wildman–Crippen MR) is 49.9 cm³/mol. The van der Waals surface area contributed by atoms with Crippen LogP contribution in [0, 0.1) is 0 Å². The Bertz CT molecular complexity index is 312. The van der Waals surface area contributed by atoms with Crippen LogP contribution in [0.25, 0.3) is 0 Å². The fraction of sp³-hybridized carbons (Fsp3) is 0.400. The summed E-state index contributed by atoms with van der Waals surface area (Å²) in [4.78, 5) is 0. The lowest BCUT2D eigenvalue weighted by Crippen LogP contribution is -2.17. The predicted octanol–water partition coefficient (Wildman–Crippen LogP) is 1.04. The van der Waals surface area contributed by atoms with Gasteiger partial charge >= 0.3 is 0 Å². The second-order valence-electron chi connectivity index (χ2n) is 3.28. The van der Waals surface area contributed by atoms with Crippen molar-refractivity contribution in [2.24, 2.45) is 5.73 Å². The molecule has 0 saturated heterocycles. The van der Waals surface area contributed by atoms with Crippen molar-refractivity contribution >= 4 is 0 Å². The second-order valence-corrected chi connectivity index (χ2v) is 3.28. The molecule has 2 rings (SSSR count). The highest BCUT2D eigenvalue weighted by molar-refractivity contribution is 5.46. The van der Waals surface area contributed by atoms with Gasteiger partial charge < -0.3 is 15.6 Å². The maximum atomic E-state index is 9.51. The van der Waals surface area contributed by atoms with E-state index >= 15 is 0 Å². The first-order valence-electron chi connectivity index (χ1n) is 4.49. The Morgan fingerprint density at radius 2 is 2.38 bits per heavy atom. The molecule has 1 unspecified atom stereocenters. The van der Waals surface area contributed by atoms with Crippen LogP contribution < -0.4 is 10.5 Å². The molecular weight excluding hydrogens is 166 g/mol. The van der Waals surface area contributed by atoms with Gasteiger partial charge in [-0.05, 0) is 25.1 Å². The van der Waals surface area contributed by atoms with Gasteiger partial charge in [0.05, 0.1) is 0 Å². The molecule has 13 heavy (non-hydrogen) atoms. The van der Waals surface area contributed by atoms with Gasteiger partial charge in [0.1, 0.15) is 17.6 Å². The number of rotatable bonds is 2. The summed E-state index contributed by atoms with van der Waals surface area (Å²) in [5, 5.41) is 9.51. The number of hydrogen-bond donors (Lipinski definition) is 2. The van der Waals surface area contributed by atoms with E-state index in [9.17, 15) is 5.11 Å². The average Bonchev–Trinajstić information content (AvgIpc) is 2.49. The van der Waals surface area contributed by atoms with Crippen molar-refractivity contribution in [3.05, 3.63) is 23.8 Å². The van der Waals surface area contributed by atoms with Gasteiger partial charge in [-0.3, -0.25) is 0 Å². The zero-order valence-electron chi connectivity index (χ0n) is 7.36. The first-order chi connectivity index (χ1) is 6.31. The van der Waals surface area contributed by atoms with Crippen LogP contribution in [0.2, 0.25) is 0 Å². The molecule has 1 aliphatic rings. The zero-order valence-corrected chi connectivity index (χ0v) is 7.36. The number of ether oxygens (including phenoxy) is 1. The molecule has 70 valence electrons. The Labute approximate surface area is 77.1 Å². The van der Waals surface area contributed by atoms with Crippen LogP contribution in [-0.2, 0) is 6.42 Å². The van der Waals surface area contributed by atoms with Crippen LogP contribution in [0.3, 0.4) is 0 Å². The summed E-state index contributed by atoms with van der Waals surface area (Å²) in [5.41, 5.74) is 6.36. The average molecular weight is 179 g/mol. The summed E-state index contributed by atoms with van der Waals surface area (Å²) in [6, 6.07) is 5.36. The van der Waals surface area contributed by atoms with E-state index in [4.69, 9.17) is 10.5 Å². The minimum absolute atomic E-state index is 0.147. The van der Waals surface area contributed by atoms with Crippen molar-refractivity contribution in [1.29, 1.82) is 0 Å². The van der Waals surface area contributed by atoms with Gasteiger partial charge in [-0.1, -0.05) is 6.07 Å². The van der Waals surface area contributed by atoms with Crippen molar-refractivity contribution in [3.8, 4) is 11.5 Å². The van der Waals surface area contributed by atoms with Crippen molar-refractivity contribution in [2.45, 2.75) is 18.9 Å². The lowest BCUT2D eigenvalue weighted by molar-refractivity contribution is 0.224. The molecular formula is C10H13NO2. The fourth-order valence-corrected chi connectivity index (χ4v) is 1.67. The fourth-order valence-electron chi connectivity index (χ4n) is 1.67. The highest BCUT2D eigenvalue weighted by Gasteiger charge is 2.24. The number of nitrogens with two attached hydrogens (primary N) is 1. The molecule has 0 saturated carbocycles. The van der Waals surface area contributed by atoms with E-state index in [1.165, 1.54) is 0 Å². The summed E-state index contributed by atoms with van der Waals surface area (Å²) < 4.78 is 5.59. The standard InChI is InChI=1S/C10H13NO2/c11-5-4-7-6-8-9(12)2-1-3-10(8)13-7/h1-3,7,12H,4-6,11H2. The lowest BCUT2D eigenvalue weighted by atomic mass is 10.1. The van der Waals surface area contributed by atoms with E-state index < -0.39 is 0 Å². The number of benzene rings is 1. The van der Waals surface area contributed by atoms with Gasteiger partial charge in [0.25, 0.3) is 0 Å². The quantitative estimate of drug-likeness (QED) is 0.713. The Morgan fingerprint density at radius 3 is 3.08 bits per heavy atom. The number of hydrogen-bond acceptors (Lipinski definition) is 3. The molecule has 0 aliphatic carbocycles. The summed E-state index contributed by atoms with van der Waals surface area (Å²) in [5.74, 6) is 1.13. The van der Waals surface area contributed by atoms with E-state index in [0.717, 1.165) is 24.2 Å². The largest absolute Gasteiger partial charge is 0.508 e. The zero-order chi connectivity index (χ0) is 9.26. The molecule has 0 radical (unpaired) electrons. The number of aromatic hydroxyl groups is 1. The molecule has 1 aliphatic heterocycles. The molecule has 3 N–H and O–H groups in total. The Balaban J connectivity index is 2.20. The molecule has 1 aromatic carbocycles. The van der Waals surface area contributed by atoms with Gasteiger partial charge in [-0.2, -0.15) is 0 Å². The minimum atomic E-state index is 0.147. The smallest absolute Gasteiger partial charge is 0.126 e.